The third-order valence-electron chi connectivity index (χ3n) is 2.81. The average Bonchev–Trinajstić information content (AvgIpc) is 2.94. The molecule has 5 heteroatoms. The molecule has 0 bridgehead atoms. The van der Waals surface area contributed by atoms with Crippen molar-refractivity contribution in [3.8, 4) is 0 Å². The molecule has 1 fully saturated rings. The van der Waals surface area contributed by atoms with E-state index in [-0.39, 0.29) is 10.9 Å². The van der Waals surface area contributed by atoms with Crippen LogP contribution in [0.3, 0.4) is 0 Å². The highest BCUT2D eigenvalue weighted by Gasteiger charge is 2.29. The van der Waals surface area contributed by atoms with E-state index in [0.717, 1.165) is 24.0 Å². The molecule has 0 unspecified atom stereocenters. The highest BCUT2D eigenvalue weighted by Crippen LogP contribution is 2.26. The van der Waals surface area contributed by atoms with Gasteiger partial charge in [-0.1, -0.05) is 0 Å². The zero-order chi connectivity index (χ0) is 11.9. The Morgan fingerprint density at radius 3 is 2.38 bits per heavy atom. The fourth-order valence-corrected chi connectivity index (χ4v) is 3.03. The number of hydrogen-bond acceptors (Lipinski definition) is 3. The van der Waals surface area contributed by atoms with E-state index in [1.54, 1.807) is 12.1 Å². The molecule has 1 saturated carbocycles. The molecule has 0 amide bonds. The van der Waals surface area contributed by atoms with Crippen LogP contribution in [-0.2, 0) is 10.0 Å². The van der Waals surface area contributed by atoms with Crippen LogP contribution in [0.4, 0.5) is 5.69 Å². The smallest absolute Gasteiger partial charge is 0.242 e. The van der Waals surface area contributed by atoms with E-state index in [1.165, 1.54) is 0 Å². The van der Waals surface area contributed by atoms with Crippen molar-refractivity contribution in [2.24, 2.45) is 0 Å². The lowest BCUT2D eigenvalue weighted by Crippen LogP contribution is -2.26. The molecule has 0 heterocycles. The predicted octanol–water partition coefficient (Wildman–Crippen LogP) is 1.33. The highest BCUT2D eigenvalue weighted by molar-refractivity contribution is 7.89. The van der Waals surface area contributed by atoms with Gasteiger partial charge in [-0.2, -0.15) is 0 Å². The standard InChI is InChI=1S/C11H16N2O2S/c1-7-5-10(12)11(6-8(7)2)16(14,15)13-9-3-4-9/h5-6,9,13H,3-4,12H2,1-2H3. The third kappa shape index (κ3) is 2.20. The number of anilines is 1. The summed E-state index contributed by atoms with van der Waals surface area (Å²) in [5.74, 6) is 0. The van der Waals surface area contributed by atoms with Crippen LogP contribution in [-0.4, -0.2) is 14.5 Å². The molecule has 1 aromatic rings. The quantitative estimate of drug-likeness (QED) is 0.783. The topological polar surface area (TPSA) is 72.2 Å². The summed E-state index contributed by atoms with van der Waals surface area (Å²) in [6.45, 7) is 3.79. The van der Waals surface area contributed by atoms with Crippen LogP contribution in [0.15, 0.2) is 17.0 Å². The molecule has 2 rings (SSSR count). The molecule has 16 heavy (non-hydrogen) atoms. The molecule has 0 radical (unpaired) electrons. The second-order valence-electron chi connectivity index (χ2n) is 4.37. The van der Waals surface area contributed by atoms with E-state index in [0.29, 0.717) is 5.69 Å². The van der Waals surface area contributed by atoms with Crippen molar-refractivity contribution in [1.82, 2.24) is 4.72 Å². The summed E-state index contributed by atoms with van der Waals surface area (Å²) in [5, 5.41) is 0. The second-order valence-corrected chi connectivity index (χ2v) is 6.05. The van der Waals surface area contributed by atoms with E-state index in [9.17, 15) is 8.42 Å². The maximum Gasteiger partial charge on any atom is 0.242 e. The van der Waals surface area contributed by atoms with Crippen LogP contribution in [0.5, 0.6) is 0 Å². The maximum atomic E-state index is 12.0. The highest BCUT2D eigenvalue weighted by atomic mass is 32.2. The number of nitrogen functional groups attached to an aromatic ring is 1. The largest absolute Gasteiger partial charge is 0.398 e. The van der Waals surface area contributed by atoms with Crippen LogP contribution >= 0.6 is 0 Å². The molecule has 1 aromatic carbocycles. The summed E-state index contributed by atoms with van der Waals surface area (Å²) in [5.41, 5.74) is 8.01. The first-order valence-corrected chi connectivity index (χ1v) is 6.77. The van der Waals surface area contributed by atoms with Gasteiger partial charge >= 0.3 is 0 Å². The number of sulfonamides is 1. The first-order valence-electron chi connectivity index (χ1n) is 5.29. The Kier molecular flexibility index (Phi) is 2.67. The number of nitrogens with two attached hydrogens (primary N) is 1. The summed E-state index contributed by atoms with van der Waals surface area (Å²) < 4.78 is 26.6. The fourth-order valence-electron chi connectivity index (χ4n) is 1.53. The fraction of sp³-hybridized carbons (Fsp3) is 0.455. The van der Waals surface area contributed by atoms with Gasteiger partial charge < -0.3 is 5.73 Å². The van der Waals surface area contributed by atoms with Crippen LogP contribution < -0.4 is 10.5 Å². The normalized spacial score (nSPS) is 16.4. The van der Waals surface area contributed by atoms with E-state index in [1.807, 2.05) is 13.8 Å². The van der Waals surface area contributed by atoms with Crippen molar-refractivity contribution in [3.05, 3.63) is 23.3 Å². The zero-order valence-electron chi connectivity index (χ0n) is 9.45. The van der Waals surface area contributed by atoms with Gasteiger partial charge in [-0.15, -0.1) is 0 Å². The summed E-state index contributed by atoms with van der Waals surface area (Å²) in [6.07, 6.45) is 1.84. The monoisotopic (exact) mass is 240 g/mol. The van der Waals surface area contributed by atoms with Crippen molar-refractivity contribution in [2.45, 2.75) is 37.6 Å². The van der Waals surface area contributed by atoms with E-state index >= 15 is 0 Å². The molecular weight excluding hydrogens is 224 g/mol. The zero-order valence-corrected chi connectivity index (χ0v) is 10.3. The minimum Gasteiger partial charge on any atom is -0.398 e. The number of aryl methyl sites for hydroxylation is 2. The molecule has 88 valence electrons. The van der Waals surface area contributed by atoms with E-state index in [2.05, 4.69) is 4.72 Å². The minimum absolute atomic E-state index is 0.103. The average molecular weight is 240 g/mol. The first kappa shape index (κ1) is 11.4. The van der Waals surface area contributed by atoms with Gasteiger partial charge in [-0.25, -0.2) is 13.1 Å². The lowest BCUT2D eigenvalue weighted by Gasteiger charge is -2.10. The molecule has 1 aliphatic rings. The molecule has 0 aromatic heterocycles. The summed E-state index contributed by atoms with van der Waals surface area (Å²) in [7, 11) is -3.44. The van der Waals surface area contributed by atoms with Gasteiger partial charge in [0.15, 0.2) is 0 Å². The number of nitrogens with one attached hydrogen (secondary N) is 1. The molecule has 4 nitrogen and oxygen atoms in total. The molecule has 3 N–H and O–H groups in total. The van der Waals surface area contributed by atoms with Gasteiger partial charge in [0.25, 0.3) is 0 Å². The Labute approximate surface area is 95.9 Å². The molecule has 0 spiro atoms. The lowest BCUT2D eigenvalue weighted by atomic mass is 10.1. The third-order valence-corrected chi connectivity index (χ3v) is 4.39. The lowest BCUT2D eigenvalue weighted by molar-refractivity contribution is 0.581. The molecule has 0 aliphatic heterocycles. The van der Waals surface area contributed by atoms with Crippen molar-refractivity contribution in [3.63, 3.8) is 0 Å². The Morgan fingerprint density at radius 1 is 1.25 bits per heavy atom. The van der Waals surface area contributed by atoms with E-state index < -0.39 is 10.0 Å². The molecule has 1 aliphatic carbocycles. The summed E-state index contributed by atoms with van der Waals surface area (Å²) in [6, 6.07) is 3.44. The predicted molar refractivity (Wildman–Crippen MR) is 63.7 cm³/mol. The van der Waals surface area contributed by atoms with Crippen LogP contribution in [0.25, 0.3) is 0 Å². The van der Waals surface area contributed by atoms with Gasteiger partial charge in [0.05, 0.1) is 5.69 Å². The Morgan fingerprint density at radius 2 is 1.81 bits per heavy atom. The Hall–Kier alpha value is -1.07. The van der Waals surface area contributed by atoms with Crippen LogP contribution in [0.1, 0.15) is 24.0 Å². The van der Waals surface area contributed by atoms with Gasteiger partial charge in [-0.3, -0.25) is 0 Å². The van der Waals surface area contributed by atoms with Crippen molar-refractivity contribution >= 4 is 15.7 Å². The second kappa shape index (κ2) is 3.75. The SMILES string of the molecule is Cc1cc(N)c(S(=O)(=O)NC2CC2)cc1C. The number of rotatable bonds is 3. The van der Waals surface area contributed by atoms with Crippen molar-refractivity contribution < 1.29 is 8.42 Å². The van der Waals surface area contributed by atoms with Crippen molar-refractivity contribution in [2.75, 3.05) is 5.73 Å². The summed E-state index contributed by atoms with van der Waals surface area (Å²) >= 11 is 0. The van der Waals surface area contributed by atoms with Crippen LogP contribution in [0.2, 0.25) is 0 Å². The molecule has 0 atom stereocenters. The summed E-state index contributed by atoms with van der Waals surface area (Å²) in [4.78, 5) is 0.197. The Balaban J connectivity index is 2.42. The van der Waals surface area contributed by atoms with Crippen LogP contribution in [0, 0.1) is 13.8 Å². The number of benzene rings is 1. The first-order chi connectivity index (χ1) is 7.40. The van der Waals surface area contributed by atoms with Crippen molar-refractivity contribution in [1.29, 1.82) is 0 Å². The molecule has 0 saturated heterocycles. The van der Waals surface area contributed by atoms with E-state index in [4.69, 9.17) is 5.73 Å². The number of hydrogen-bond donors (Lipinski definition) is 2. The van der Waals surface area contributed by atoms with Gasteiger partial charge in [0, 0.05) is 6.04 Å². The maximum absolute atomic E-state index is 12.0. The Bertz CT molecular complexity index is 519. The van der Waals surface area contributed by atoms with Gasteiger partial charge in [0.1, 0.15) is 4.90 Å². The minimum atomic E-state index is -3.44. The van der Waals surface area contributed by atoms with Gasteiger partial charge in [0.2, 0.25) is 10.0 Å². The van der Waals surface area contributed by atoms with Gasteiger partial charge in [-0.05, 0) is 49.9 Å². The molecular formula is C11H16N2O2S.